The summed E-state index contributed by atoms with van der Waals surface area (Å²) in [6, 6.07) is 22.3. The quantitative estimate of drug-likeness (QED) is 0.531. The number of hydrogen-bond donors (Lipinski definition) is 0. The van der Waals surface area contributed by atoms with Crippen LogP contribution in [0.25, 0.3) is 5.57 Å². The molecule has 0 spiro atoms. The van der Waals surface area contributed by atoms with E-state index in [-0.39, 0.29) is 11.8 Å². The molecular formula is C27H24N2O4. The lowest BCUT2D eigenvalue weighted by molar-refractivity contribution is -0.120. The topological polar surface area (TPSA) is 59.1 Å². The minimum Gasteiger partial charge on any atom is -0.497 e. The van der Waals surface area contributed by atoms with Crippen molar-refractivity contribution in [1.29, 1.82) is 0 Å². The van der Waals surface area contributed by atoms with Gasteiger partial charge in [0.05, 0.1) is 25.0 Å². The molecule has 0 saturated heterocycles. The number of carbonyl (C=O) groups excluding carboxylic acids is 2. The fraction of sp³-hybridized carbons (Fsp3) is 0.185. The van der Waals surface area contributed by atoms with Gasteiger partial charge < -0.3 is 14.4 Å². The van der Waals surface area contributed by atoms with Crippen LogP contribution in [0.15, 0.2) is 78.5 Å². The first-order valence-corrected chi connectivity index (χ1v) is 11.0. The number of methoxy groups -OCH3 is 1. The number of fused-ring (bicyclic) bond motifs is 1. The molecule has 2 aliphatic rings. The number of imide groups is 1. The molecule has 0 atom stereocenters. The third-order valence-electron chi connectivity index (χ3n) is 6.00. The molecule has 166 valence electrons. The second-order valence-electron chi connectivity index (χ2n) is 7.86. The van der Waals surface area contributed by atoms with Gasteiger partial charge >= 0.3 is 0 Å². The Labute approximate surface area is 192 Å². The Morgan fingerprint density at radius 1 is 0.848 bits per heavy atom. The van der Waals surface area contributed by atoms with Gasteiger partial charge in [-0.25, -0.2) is 4.90 Å². The van der Waals surface area contributed by atoms with E-state index in [1.54, 1.807) is 43.5 Å². The SMILES string of the molecule is CCOc1ccc(N2C(=O)C(c3ccc(OC)cc3)=C(N3CCc4ccccc43)C2=O)cc1. The highest BCUT2D eigenvalue weighted by atomic mass is 16.5. The molecule has 6 heteroatoms. The number of nitrogens with zero attached hydrogens (tertiary/aromatic N) is 2. The Balaban J connectivity index is 1.61. The normalized spacial score (nSPS) is 15.3. The highest BCUT2D eigenvalue weighted by molar-refractivity contribution is 6.46. The Morgan fingerprint density at radius 3 is 2.24 bits per heavy atom. The van der Waals surface area contributed by atoms with Crippen LogP contribution in [-0.2, 0) is 16.0 Å². The summed E-state index contributed by atoms with van der Waals surface area (Å²) in [5.41, 5.74) is 4.13. The molecule has 33 heavy (non-hydrogen) atoms. The number of para-hydroxylation sites is 1. The van der Waals surface area contributed by atoms with Gasteiger partial charge in [-0.3, -0.25) is 9.59 Å². The number of carbonyl (C=O) groups is 2. The molecule has 0 N–H and O–H groups in total. The summed E-state index contributed by atoms with van der Waals surface area (Å²) in [5, 5.41) is 0. The van der Waals surface area contributed by atoms with Gasteiger partial charge in [0, 0.05) is 12.2 Å². The highest BCUT2D eigenvalue weighted by Crippen LogP contribution is 2.40. The van der Waals surface area contributed by atoms with Gasteiger partial charge in [0.25, 0.3) is 11.8 Å². The third kappa shape index (κ3) is 3.53. The average molecular weight is 440 g/mol. The molecule has 0 aliphatic carbocycles. The van der Waals surface area contributed by atoms with Crippen LogP contribution in [0.3, 0.4) is 0 Å². The maximum Gasteiger partial charge on any atom is 0.282 e. The Morgan fingerprint density at radius 2 is 1.55 bits per heavy atom. The van der Waals surface area contributed by atoms with Crippen molar-refractivity contribution in [3.8, 4) is 11.5 Å². The van der Waals surface area contributed by atoms with E-state index in [9.17, 15) is 9.59 Å². The van der Waals surface area contributed by atoms with Crippen molar-refractivity contribution in [1.82, 2.24) is 0 Å². The zero-order valence-corrected chi connectivity index (χ0v) is 18.6. The number of amides is 2. The number of rotatable bonds is 6. The highest BCUT2D eigenvalue weighted by Gasteiger charge is 2.44. The summed E-state index contributed by atoms with van der Waals surface area (Å²) in [6.07, 6.45) is 0.820. The van der Waals surface area contributed by atoms with E-state index in [0.29, 0.717) is 47.2 Å². The van der Waals surface area contributed by atoms with Crippen LogP contribution in [-0.4, -0.2) is 32.1 Å². The predicted octanol–water partition coefficient (Wildman–Crippen LogP) is 4.44. The minimum absolute atomic E-state index is 0.327. The minimum atomic E-state index is -0.339. The standard InChI is InChI=1S/C27H24N2O4/c1-3-33-22-14-10-20(11-15-22)29-26(30)24(19-8-12-21(32-2)13-9-19)25(27(29)31)28-17-16-18-6-4-5-7-23(18)28/h4-15H,3,16-17H2,1-2H3. The van der Waals surface area contributed by atoms with Gasteiger partial charge in [-0.15, -0.1) is 0 Å². The van der Waals surface area contributed by atoms with Gasteiger partial charge in [0.2, 0.25) is 0 Å². The summed E-state index contributed by atoms with van der Waals surface area (Å²) in [7, 11) is 1.60. The van der Waals surface area contributed by atoms with Crippen molar-refractivity contribution in [3.63, 3.8) is 0 Å². The molecule has 0 bridgehead atoms. The van der Waals surface area contributed by atoms with Crippen LogP contribution in [0, 0.1) is 0 Å². The van der Waals surface area contributed by atoms with Gasteiger partial charge in [0.15, 0.2) is 0 Å². The molecule has 2 aliphatic heterocycles. The fourth-order valence-electron chi connectivity index (χ4n) is 4.45. The lowest BCUT2D eigenvalue weighted by Crippen LogP contribution is -2.34. The maximum atomic E-state index is 13.8. The summed E-state index contributed by atoms with van der Waals surface area (Å²) < 4.78 is 10.8. The zero-order chi connectivity index (χ0) is 22.9. The number of anilines is 2. The molecule has 3 aromatic rings. The fourth-order valence-corrected chi connectivity index (χ4v) is 4.45. The zero-order valence-electron chi connectivity index (χ0n) is 18.6. The number of ether oxygens (including phenoxy) is 2. The van der Waals surface area contributed by atoms with Crippen molar-refractivity contribution in [3.05, 3.63) is 89.6 Å². The molecule has 0 fully saturated rings. The lowest BCUT2D eigenvalue weighted by atomic mass is 10.0. The molecule has 0 saturated carbocycles. The van der Waals surface area contributed by atoms with Gasteiger partial charge in [-0.1, -0.05) is 30.3 Å². The van der Waals surface area contributed by atoms with E-state index in [1.807, 2.05) is 42.2 Å². The van der Waals surface area contributed by atoms with Gasteiger partial charge in [-0.2, -0.15) is 0 Å². The van der Waals surface area contributed by atoms with Crippen LogP contribution in [0.4, 0.5) is 11.4 Å². The summed E-state index contributed by atoms with van der Waals surface area (Å²) in [4.78, 5) is 30.7. The van der Waals surface area contributed by atoms with Crippen LogP contribution in [0.1, 0.15) is 18.1 Å². The summed E-state index contributed by atoms with van der Waals surface area (Å²) in [6.45, 7) is 3.10. The van der Waals surface area contributed by atoms with Crippen LogP contribution in [0.5, 0.6) is 11.5 Å². The van der Waals surface area contributed by atoms with E-state index >= 15 is 0 Å². The predicted molar refractivity (Wildman–Crippen MR) is 128 cm³/mol. The number of hydrogen-bond acceptors (Lipinski definition) is 5. The Hall–Kier alpha value is -4.06. The van der Waals surface area contributed by atoms with Gasteiger partial charge in [-0.05, 0) is 66.9 Å². The maximum absolute atomic E-state index is 13.8. The molecular weight excluding hydrogens is 416 g/mol. The van der Waals surface area contributed by atoms with Crippen LogP contribution >= 0.6 is 0 Å². The van der Waals surface area contributed by atoms with E-state index in [4.69, 9.17) is 9.47 Å². The van der Waals surface area contributed by atoms with Crippen molar-refractivity contribution < 1.29 is 19.1 Å². The number of benzene rings is 3. The third-order valence-corrected chi connectivity index (χ3v) is 6.00. The molecule has 0 radical (unpaired) electrons. The first-order valence-electron chi connectivity index (χ1n) is 11.0. The van der Waals surface area contributed by atoms with Crippen molar-refractivity contribution in [2.45, 2.75) is 13.3 Å². The molecule has 0 aromatic heterocycles. The molecule has 3 aromatic carbocycles. The Bertz CT molecular complexity index is 1250. The lowest BCUT2D eigenvalue weighted by Gasteiger charge is -2.22. The van der Waals surface area contributed by atoms with E-state index < -0.39 is 0 Å². The molecule has 0 unspecified atom stereocenters. The van der Waals surface area contributed by atoms with E-state index in [2.05, 4.69) is 6.07 Å². The van der Waals surface area contributed by atoms with Crippen molar-refractivity contribution in [2.75, 3.05) is 30.1 Å². The first-order chi connectivity index (χ1) is 16.1. The molecule has 5 rings (SSSR count). The summed E-state index contributed by atoms with van der Waals surface area (Å²) in [5.74, 6) is 0.713. The molecule has 6 nitrogen and oxygen atoms in total. The Kier molecular flexibility index (Phi) is 5.34. The van der Waals surface area contributed by atoms with Crippen molar-refractivity contribution >= 4 is 28.8 Å². The molecule has 2 heterocycles. The van der Waals surface area contributed by atoms with E-state index in [1.165, 1.54) is 10.5 Å². The summed E-state index contributed by atoms with van der Waals surface area (Å²) >= 11 is 0. The second kappa shape index (κ2) is 8.47. The van der Waals surface area contributed by atoms with Crippen LogP contribution in [0.2, 0.25) is 0 Å². The monoisotopic (exact) mass is 440 g/mol. The van der Waals surface area contributed by atoms with Crippen molar-refractivity contribution in [2.24, 2.45) is 0 Å². The average Bonchev–Trinajstić information content (AvgIpc) is 3.38. The smallest absolute Gasteiger partial charge is 0.282 e. The molecule has 2 amide bonds. The van der Waals surface area contributed by atoms with E-state index in [0.717, 1.165) is 12.1 Å². The second-order valence-corrected chi connectivity index (χ2v) is 7.86. The first kappa shape index (κ1) is 20.8. The van der Waals surface area contributed by atoms with Crippen LogP contribution < -0.4 is 19.3 Å². The van der Waals surface area contributed by atoms with Gasteiger partial charge in [0.1, 0.15) is 17.2 Å². The largest absolute Gasteiger partial charge is 0.497 e.